The molecule has 1 aliphatic heterocycles. The second kappa shape index (κ2) is 6.89. The van der Waals surface area contributed by atoms with Gasteiger partial charge in [0, 0.05) is 28.6 Å². The number of nitrogens with one attached hydrogen (secondary N) is 1. The van der Waals surface area contributed by atoms with Crippen molar-refractivity contribution < 1.29 is 9.84 Å². The zero-order valence-corrected chi connectivity index (χ0v) is 15.9. The fourth-order valence-electron chi connectivity index (χ4n) is 3.79. The lowest BCUT2D eigenvalue weighted by Crippen LogP contribution is -2.18. The van der Waals surface area contributed by atoms with Crippen LogP contribution in [0.15, 0.2) is 60.7 Å². The van der Waals surface area contributed by atoms with Crippen molar-refractivity contribution in [2.45, 2.75) is 20.0 Å². The standard InChI is InChI=1S/C24H22N2O2/c1-14-6-8-16(9-7-14)24-22(17-4-3-5-18(27)12-17)15(2)23-19(13-25)20(26)10-11-21(23)28-24/h3-13,24-25,27H,26H2,1-2H3. The number of allylic oxidation sites excluding steroid dienone is 1. The fourth-order valence-corrected chi connectivity index (χ4v) is 3.79. The predicted molar refractivity (Wildman–Crippen MR) is 114 cm³/mol. The van der Waals surface area contributed by atoms with Gasteiger partial charge in [-0.3, -0.25) is 0 Å². The van der Waals surface area contributed by atoms with Gasteiger partial charge >= 0.3 is 0 Å². The summed E-state index contributed by atoms with van der Waals surface area (Å²) in [6.45, 7) is 4.07. The summed E-state index contributed by atoms with van der Waals surface area (Å²) in [7, 11) is 0. The van der Waals surface area contributed by atoms with Crippen LogP contribution in [0, 0.1) is 12.3 Å². The number of nitrogens with two attached hydrogens (primary N) is 1. The van der Waals surface area contributed by atoms with Crippen molar-refractivity contribution >= 4 is 23.0 Å². The van der Waals surface area contributed by atoms with Crippen molar-refractivity contribution in [3.05, 3.63) is 88.5 Å². The van der Waals surface area contributed by atoms with Crippen LogP contribution in [0.3, 0.4) is 0 Å². The number of aryl methyl sites for hydroxylation is 1. The van der Waals surface area contributed by atoms with Crippen molar-refractivity contribution in [1.82, 2.24) is 0 Å². The highest BCUT2D eigenvalue weighted by Crippen LogP contribution is 2.48. The topological polar surface area (TPSA) is 79.3 Å². The van der Waals surface area contributed by atoms with Crippen molar-refractivity contribution in [3.63, 3.8) is 0 Å². The molecule has 0 saturated heterocycles. The summed E-state index contributed by atoms with van der Waals surface area (Å²) in [4.78, 5) is 0. The number of benzene rings is 3. The third-order valence-electron chi connectivity index (χ3n) is 5.21. The molecule has 4 rings (SSSR count). The minimum absolute atomic E-state index is 0.200. The molecule has 1 atom stereocenters. The Kier molecular flexibility index (Phi) is 4.40. The van der Waals surface area contributed by atoms with Gasteiger partial charge in [-0.15, -0.1) is 0 Å². The molecule has 0 saturated carbocycles. The smallest absolute Gasteiger partial charge is 0.150 e. The number of aromatic hydroxyl groups is 1. The van der Waals surface area contributed by atoms with E-state index >= 15 is 0 Å². The minimum Gasteiger partial charge on any atom is -0.508 e. The van der Waals surface area contributed by atoms with Gasteiger partial charge < -0.3 is 21.0 Å². The van der Waals surface area contributed by atoms with Gasteiger partial charge in [0.15, 0.2) is 0 Å². The quantitative estimate of drug-likeness (QED) is 0.430. The molecule has 0 radical (unpaired) electrons. The number of phenols is 1. The van der Waals surface area contributed by atoms with Gasteiger partial charge in [0.2, 0.25) is 0 Å². The summed E-state index contributed by atoms with van der Waals surface area (Å²) < 4.78 is 6.43. The number of nitrogen functional groups attached to an aromatic ring is 1. The Hall–Kier alpha value is -3.53. The van der Waals surface area contributed by atoms with Gasteiger partial charge in [-0.25, -0.2) is 0 Å². The Bertz CT molecular complexity index is 1100. The van der Waals surface area contributed by atoms with E-state index in [4.69, 9.17) is 15.9 Å². The molecule has 4 heteroatoms. The molecule has 4 nitrogen and oxygen atoms in total. The molecule has 3 aromatic carbocycles. The molecule has 140 valence electrons. The van der Waals surface area contributed by atoms with E-state index in [1.807, 2.05) is 25.1 Å². The summed E-state index contributed by atoms with van der Waals surface area (Å²) in [6, 6.07) is 19.1. The highest BCUT2D eigenvalue weighted by Gasteiger charge is 2.31. The molecular formula is C24H22N2O2. The van der Waals surface area contributed by atoms with E-state index in [2.05, 4.69) is 31.2 Å². The lowest BCUT2D eigenvalue weighted by Gasteiger charge is -2.32. The lowest BCUT2D eigenvalue weighted by atomic mass is 9.84. The first-order valence-electron chi connectivity index (χ1n) is 9.16. The monoisotopic (exact) mass is 370 g/mol. The van der Waals surface area contributed by atoms with E-state index in [-0.39, 0.29) is 11.9 Å². The zero-order valence-electron chi connectivity index (χ0n) is 15.9. The first kappa shape index (κ1) is 17.9. The van der Waals surface area contributed by atoms with Crippen LogP contribution in [0.5, 0.6) is 11.5 Å². The predicted octanol–water partition coefficient (Wildman–Crippen LogP) is 5.34. The van der Waals surface area contributed by atoms with Crippen molar-refractivity contribution in [2.24, 2.45) is 0 Å². The van der Waals surface area contributed by atoms with Crippen LogP contribution in [-0.4, -0.2) is 11.3 Å². The average Bonchev–Trinajstić information content (AvgIpc) is 2.68. The molecule has 1 unspecified atom stereocenters. The summed E-state index contributed by atoms with van der Waals surface area (Å²) in [6.07, 6.45) is 0.949. The van der Waals surface area contributed by atoms with E-state index < -0.39 is 0 Å². The lowest BCUT2D eigenvalue weighted by molar-refractivity contribution is 0.260. The molecule has 0 fully saturated rings. The highest BCUT2D eigenvalue weighted by atomic mass is 16.5. The third-order valence-corrected chi connectivity index (χ3v) is 5.21. The van der Waals surface area contributed by atoms with E-state index in [1.54, 1.807) is 18.2 Å². The maximum absolute atomic E-state index is 10.0. The van der Waals surface area contributed by atoms with Crippen LogP contribution in [0.1, 0.15) is 40.8 Å². The summed E-state index contributed by atoms with van der Waals surface area (Å²) in [5.41, 5.74) is 13.2. The van der Waals surface area contributed by atoms with Crippen LogP contribution in [0.4, 0.5) is 5.69 Å². The Labute approximate surface area is 164 Å². The van der Waals surface area contributed by atoms with E-state index in [9.17, 15) is 5.11 Å². The van der Waals surface area contributed by atoms with Crippen LogP contribution in [0.25, 0.3) is 11.1 Å². The molecule has 0 bridgehead atoms. The maximum Gasteiger partial charge on any atom is 0.150 e. The van der Waals surface area contributed by atoms with Crippen molar-refractivity contribution in [1.29, 1.82) is 5.41 Å². The Balaban J connectivity index is 2.00. The summed E-state index contributed by atoms with van der Waals surface area (Å²) in [5.74, 6) is 0.908. The molecule has 0 aliphatic carbocycles. The first-order chi connectivity index (χ1) is 13.5. The van der Waals surface area contributed by atoms with E-state index in [0.717, 1.165) is 27.8 Å². The normalized spacial score (nSPS) is 15.7. The molecule has 28 heavy (non-hydrogen) atoms. The van der Waals surface area contributed by atoms with Gasteiger partial charge in [-0.1, -0.05) is 42.0 Å². The number of phenolic OH excluding ortho intramolecular Hbond substituents is 1. The number of rotatable bonds is 3. The highest BCUT2D eigenvalue weighted by molar-refractivity contribution is 6.03. The molecule has 1 heterocycles. The molecule has 1 aliphatic rings. The molecule has 4 N–H and O–H groups in total. The second-order valence-electron chi connectivity index (χ2n) is 7.08. The average molecular weight is 370 g/mol. The number of anilines is 1. The molecule has 3 aromatic rings. The number of ether oxygens (including phenoxy) is 1. The second-order valence-corrected chi connectivity index (χ2v) is 7.08. The number of hydrogen-bond acceptors (Lipinski definition) is 4. The third kappa shape index (κ3) is 2.93. The molecule has 0 amide bonds. The van der Waals surface area contributed by atoms with Gasteiger partial charge in [0.25, 0.3) is 0 Å². The largest absolute Gasteiger partial charge is 0.508 e. The van der Waals surface area contributed by atoms with Crippen LogP contribution in [-0.2, 0) is 0 Å². The van der Waals surface area contributed by atoms with Crippen LogP contribution >= 0.6 is 0 Å². The first-order valence-corrected chi connectivity index (χ1v) is 9.16. The van der Waals surface area contributed by atoms with Gasteiger partial charge in [-0.2, -0.15) is 0 Å². The maximum atomic E-state index is 10.0. The Morgan fingerprint density at radius 2 is 1.79 bits per heavy atom. The van der Waals surface area contributed by atoms with E-state index in [0.29, 0.717) is 17.0 Å². The fraction of sp³-hybridized carbons (Fsp3) is 0.125. The molecule has 0 aromatic heterocycles. The van der Waals surface area contributed by atoms with Gasteiger partial charge in [-0.05, 0) is 54.8 Å². The summed E-state index contributed by atoms with van der Waals surface area (Å²) >= 11 is 0. The number of fused-ring (bicyclic) bond motifs is 1. The number of hydrogen-bond donors (Lipinski definition) is 3. The van der Waals surface area contributed by atoms with Crippen molar-refractivity contribution in [3.8, 4) is 11.5 Å². The van der Waals surface area contributed by atoms with Crippen molar-refractivity contribution in [2.75, 3.05) is 5.73 Å². The molecular weight excluding hydrogens is 348 g/mol. The van der Waals surface area contributed by atoms with Gasteiger partial charge in [0.05, 0.1) is 0 Å². The SMILES string of the molecule is CC1=C(c2cccc(O)c2)C(c2ccc(C)cc2)Oc2ccc(N)c(C=N)c21. The molecule has 0 spiro atoms. The summed E-state index contributed by atoms with van der Waals surface area (Å²) in [5, 5.41) is 17.9. The minimum atomic E-state index is -0.322. The Morgan fingerprint density at radius 3 is 2.46 bits per heavy atom. The van der Waals surface area contributed by atoms with E-state index in [1.165, 1.54) is 11.8 Å². The Morgan fingerprint density at radius 1 is 1.04 bits per heavy atom. The van der Waals surface area contributed by atoms with Crippen LogP contribution < -0.4 is 10.5 Å². The zero-order chi connectivity index (χ0) is 19.8. The van der Waals surface area contributed by atoms with Crippen LogP contribution in [0.2, 0.25) is 0 Å². The van der Waals surface area contributed by atoms with Gasteiger partial charge in [0.1, 0.15) is 17.6 Å².